The molecule has 104 valence electrons. The van der Waals surface area contributed by atoms with Crippen LogP contribution in [0.2, 0.25) is 5.02 Å². The Bertz CT molecular complexity index is 392. The molecule has 0 radical (unpaired) electrons. The van der Waals surface area contributed by atoms with Crippen molar-refractivity contribution in [3.8, 4) is 0 Å². The van der Waals surface area contributed by atoms with Crippen LogP contribution in [0.5, 0.6) is 0 Å². The second-order valence-corrected chi connectivity index (χ2v) is 5.99. The summed E-state index contributed by atoms with van der Waals surface area (Å²) in [7, 11) is 0. The lowest BCUT2D eigenvalue weighted by Crippen LogP contribution is -2.49. The molecule has 0 bridgehead atoms. The molecule has 1 aromatic rings. The van der Waals surface area contributed by atoms with Crippen molar-refractivity contribution in [2.45, 2.75) is 18.9 Å². The highest BCUT2D eigenvalue weighted by molar-refractivity contribution is 6.30. The van der Waals surface area contributed by atoms with Gasteiger partial charge in [0.2, 0.25) is 0 Å². The van der Waals surface area contributed by atoms with Crippen LogP contribution in [0.4, 0.5) is 5.69 Å². The summed E-state index contributed by atoms with van der Waals surface area (Å²) < 4.78 is 0. The molecule has 19 heavy (non-hydrogen) atoms. The van der Waals surface area contributed by atoms with Crippen LogP contribution in [0.15, 0.2) is 24.3 Å². The van der Waals surface area contributed by atoms with Crippen molar-refractivity contribution in [2.75, 3.05) is 44.2 Å². The number of piperazine rings is 1. The molecule has 0 aliphatic carbocycles. The molecule has 2 heterocycles. The average molecular weight is 280 g/mol. The standard InChI is InChI=1S/C15H22ClN3/c16-13-3-5-15(6-4-13)19-10-8-18(9-11-19)12-14-2-1-7-17-14/h3-6,14,17H,1-2,7-12H2. The highest BCUT2D eigenvalue weighted by atomic mass is 35.5. The van der Waals surface area contributed by atoms with E-state index in [9.17, 15) is 0 Å². The zero-order valence-corrected chi connectivity index (χ0v) is 12.1. The van der Waals surface area contributed by atoms with E-state index in [2.05, 4.69) is 27.2 Å². The molecular formula is C15H22ClN3. The molecule has 3 nitrogen and oxygen atoms in total. The Hall–Kier alpha value is -0.770. The van der Waals surface area contributed by atoms with E-state index in [1.165, 1.54) is 44.7 Å². The van der Waals surface area contributed by atoms with Gasteiger partial charge in [-0.3, -0.25) is 4.90 Å². The van der Waals surface area contributed by atoms with Gasteiger partial charge in [-0.1, -0.05) is 11.6 Å². The Kier molecular flexibility index (Phi) is 4.26. The average Bonchev–Trinajstić information content (AvgIpc) is 2.94. The minimum absolute atomic E-state index is 0.724. The van der Waals surface area contributed by atoms with Crippen molar-refractivity contribution in [1.29, 1.82) is 0 Å². The van der Waals surface area contributed by atoms with E-state index in [1.54, 1.807) is 0 Å². The van der Waals surface area contributed by atoms with Gasteiger partial charge in [0.1, 0.15) is 0 Å². The van der Waals surface area contributed by atoms with Crippen molar-refractivity contribution in [3.63, 3.8) is 0 Å². The highest BCUT2D eigenvalue weighted by Crippen LogP contribution is 2.19. The maximum atomic E-state index is 5.94. The van der Waals surface area contributed by atoms with Gasteiger partial charge < -0.3 is 10.2 Å². The zero-order valence-electron chi connectivity index (χ0n) is 11.3. The van der Waals surface area contributed by atoms with Gasteiger partial charge in [-0.25, -0.2) is 0 Å². The van der Waals surface area contributed by atoms with Crippen molar-refractivity contribution in [1.82, 2.24) is 10.2 Å². The summed E-state index contributed by atoms with van der Waals surface area (Å²) in [6.07, 6.45) is 2.69. The third-order valence-electron chi connectivity index (χ3n) is 4.21. The minimum Gasteiger partial charge on any atom is -0.369 e. The van der Waals surface area contributed by atoms with Crippen LogP contribution in [0.25, 0.3) is 0 Å². The third kappa shape index (κ3) is 3.41. The Morgan fingerprint density at radius 2 is 1.84 bits per heavy atom. The molecule has 3 rings (SSSR count). The maximum Gasteiger partial charge on any atom is 0.0407 e. The number of hydrogen-bond donors (Lipinski definition) is 1. The summed E-state index contributed by atoms with van der Waals surface area (Å²) in [6.45, 7) is 6.99. The van der Waals surface area contributed by atoms with Gasteiger partial charge in [-0.15, -0.1) is 0 Å². The van der Waals surface area contributed by atoms with Crippen LogP contribution in [0.1, 0.15) is 12.8 Å². The van der Waals surface area contributed by atoms with E-state index in [1.807, 2.05) is 12.1 Å². The summed E-state index contributed by atoms with van der Waals surface area (Å²) >= 11 is 5.94. The number of rotatable bonds is 3. The second kappa shape index (κ2) is 6.12. The first-order valence-corrected chi connectivity index (χ1v) is 7.65. The number of hydrogen-bond acceptors (Lipinski definition) is 3. The highest BCUT2D eigenvalue weighted by Gasteiger charge is 2.21. The molecule has 0 amide bonds. The molecule has 4 heteroatoms. The van der Waals surface area contributed by atoms with E-state index in [0.717, 1.165) is 24.2 Å². The largest absolute Gasteiger partial charge is 0.369 e. The molecular weight excluding hydrogens is 258 g/mol. The Labute approximate surface area is 120 Å². The maximum absolute atomic E-state index is 5.94. The van der Waals surface area contributed by atoms with Gasteiger partial charge in [-0.2, -0.15) is 0 Å². The smallest absolute Gasteiger partial charge is 0.0407 e. The van der Waals surface area contributed by atoms with E-state index in [0.29, 0.717) is 0 Å². The first kappa shape index (κ1) is 13.2. The van der Waals surface area contributed by atoms with Crippen molar-refractivity contribution < 1.29 is 0 Å². The van der Waals surface area contributed by atoms with E-state index in [4.69, 9.17) is 11.6 Å². The predicted molar refractivity (Wildman–Crippen MR) is 81.1 cm³/mol. The quantitative estimate of drug-likeness (QED) is 0.915. The van der Waals surface area contributed by atoms with Crippen LogP contribution in [-0.2, 0) is 0 Å². The van der Waals surface area contributed by atoms with Gasteiger partial charge in [0.05, 0.1) is 0 Å². The molecule has 1 unspecified atom stereocenters. The number of anilines is 1. The summed E-state index contributed by atoms with van der Waals surface area (Å²) in [5, 5.41) is 4.40. The van der Waals surface area contributed by atoms with Gasteiger partial charge >= 0.3 is 0 Å². The van der Waals surface area contributed by atoms with E-state index in [-0.39, 0.29) is 0 Å². The van der Waals surface area contributed by atoms with Crippen molar-refractivity contribution >= 4 is 17.3 Å². The fourth-order valence-corrected chi connectivity index (χ4v) is 3.19. The Morgan fingerprint density at radius 1 is 1.11 bits per heavy atom. The van der Waals surface area contributed by atoms with Crippen LogP contribution in [0, 0.1) is 0 Å². The molecule has 0 aromatic heterocycles. The van der Waals surface area contributed by atoms with E-state index < -0.39 is 0 Å². The second-order valence-electron chi connectivity index (χ2n) is 5.56. The van der Waals surface area contributed by atoms with Crippen LogP contribution in [-0.4, -0.2) is 50.2 Å². The molecule has 2 saturated heterocycles. The first-order chi connectivity index (χ1) is 9.31. The van der Waals surface area contributed by atoms with Gasteiger partial charge in [-0.05, 0) is 43.7 Å². The lowest BCUT2D eigenvalue weighted by molar-refractivity contribution is 0.236. The number of nitrogens with one attached hydrogen (secondary N) is 1. The van der Waals surface area contributed by atoms with Crippen molar-refractivity contribution in [2.24, 2.45) is 0 Å². The number of benzene rings is 1. The topological polar surface area (TPSA) is 18.5 Å². The fourth-order valence-electron chi connectivity index (χ4n) is 3.06. The number of nitrogens with zero attached hydrogens (tertiary/aromatic N) is 2. The molecule has 2 fully saturated rings. The SMILES string of the molecule is Clc1ccc(N2CCN(CC3CCCN3)CC2)cc1. The summed E-state index contributed by atoms with van der Waals surface area (Å²) in [5.41, 5.74) is 1.29. The van der Waals surface area contributed by atoms with Crippen LogP contribution in [0.3, 0.4) is 0 Å². The third-order valence-corrected chi connectivity index (χ3v) is 4.46. The lowest BCUT2D eigenvalue weighted by Gasteiger charge is -2.37. The van der Waals surface area contributed by atoms with Gasteiger partial charge in [0.15, 0.2) is 0 Å². The Balaban J connectivity index is 1.50. The predicted octanol–water partition coefficient (Wildman–Crippen LogP) is 2.21. The minimum atomic E-state index is 0.724. The van der Waals surface area contributed by atoms with Crippen molar-refractivity contribution in [3.05, 3.63) is 29.3 Å². The molecule has 0 saturated carbocycles. The van der Waals surface area contributed by atoms with Gasteiger partial charge in [0.25, 0.3) is 0 Å². The molecule has 0 spiro atoms. The van der Waals surface area contributed by atoms with Gasteiger partial charge in [0, 0.05) is 49.5 Å². The lowest BCUT2D eigenvalue weighted by atomic mass is 10.2. The monoisotopic (exact) mass is 279 g/mol. The normalized spacial score (nSPS) is 24.9. The van der Waals surface area contributed by atoms with Crippen LogP contribution < -0.4 is 10.2 Å². The fraction of sp³-hybridized carbons (Fsp3) is 0.600. The van der Waals surface area contributed by atoms with E-state index >= 15 is 0 Å². The Morgan fingerprint density at radius 3 is 2.47 bits per heavy atom. The summed E-state index contributed by atoms with van der Waals surface area (Å²) in [5.74, 6) is 0. The van der Waals surface area contributed by atoms with Crippen LogP contribution >= 0.6 is 11.6 Å². The molecule has 2 aliphatic rings. The molecule has 1 N–H and O–H groups in total. The molecule has 2 aliphatic heterocycles. The zero-order chi connectivity index (χ0) is 13.1. The number of halogens is 1. The summed E-state index contributed by atoms with van der Waals surface area (Å²) in [4.78, 5) is 5.05. The molecule has 1 aromatic carbocycles. The summed E-state index contributed by atoms with van der Waals surface area (Å²) in [6, 6.07) is 8.92. The molecule has 1 atom stereocenters. The first-order valence-electron chi connectivity index (χ1n) is 7.27.